The lowest BCUT2D eigenvalue weighted by Gasteiger charge is -2.34. The summed E-state index contributed by atoms with van der Waals surface area (Å²) in [5, 5.41) is 3.30. The molecule has 0 aromatic heterocycles. The van der Waals surface area contributed by atoms with E-state index in [1.165, 1.54) is 5.75 Å². The summed E-state index contributed by atoms with van der Waals surface area (Å²) in [6.07, 6.45) is 5.04. The third-order valence-electron chi connectivity index (χ3n) is 2.81. The summed E-state index contributed by atoms with van der Waals surface area (Å²) in [5.41, 5.74) is 0. The van der Waals surface area contributed by atoms with Crippen molar-refractivity contribution in [2.45, 2.75) is 32.2 Å². The van der Waals surface area contributed by atoms with E-state index in [9.17, 15) is 4.79 Å². The van der Waals surface area contributed by atoms with Crippen LogP contribution >= 0.6 is 24.2 Å². The van der Waals surface area contributed by atoms with Crippen LogP contribution in [-0.2, 0) is 4.79 Å². The first-order chi connectivity index (χ1) is 7.25. The highest BCUT2D eigenvalue weighted by atomic mass is 35.5. The van der Waals surface area contributed by atoms with E-state index >= 15 is 0 Å². The fourth-order valence-corrected chi connectivity index (χ4v) is 2.37. The average Bonchev–Trinajstić information content (AvgIpc) is 2.25. The smallest absolute Gasteiger partial charge is 0.222 e. The molecule has 0 aliphatic carbocycles. The second kappa shape index (κ2) is 9.14. The summed E-state index contributed by atoms with van der Waals surface area (Å²) in [6.45, 7) is 4.88. The summed E-state index contributed by atoms with van der Waals surface area (Å²) in [5.74, 6) is 1.51. The van der Waals surface area contributed by atoms with Crippen molar-refractivity contribution in [3.63, 3.8) is 0 Å². The Morgan fingerprint density at radius 1 is 1.50 bits per heavy atom. The Balaban J connectivity index is 0.00000225. The van der Waals surface area contributed by atoms with E-state index < -0.39 is 0 Å². The van der Waals surface area contributed by atoms with Crippen LogP contribution in [0.1, 0.15) is 26.2 Å². The molecular weight excluding hydrogens is 244 g/mol. The van der Waals surface area contributed by atoms with Gasteiger partial charge in [0.05, 0.1) is 0 Å². The number of carbonyl (C=O) groups excluding carboxylic acids is 1. The highest BCUT2D eigenvalue weighted by Gasteiger charge is 2.21. The number of hydrogen-bond acceptors (Lipinski definition) is 3. The van der Waals surface area contributed by atoms with Gasteiger partial charge in [0, 0.05) is 32.1 Å². The summed E-state index contributed by atoms with van der Waals surface area (Å²) in [6, 6.07) is 0.367. The minimum atomic E-state index is 0. The predicted octanol–water partition coefficient (Wildman–Crippen LogP) is 1.76. The van der Waals surface area contributed by atoms with Gasteiger partial charge in [-0.25, -0.2) is 0 Å². The number of halogens is 1. The van der Waals surface area contributed by atoms with Gasteiger partial charge in [-0.2, -0.15) is 11.8 Å². The van der Waals surface area contributed by atoms with Gasteiger partial charge < -0.3 is 10.2 Å². The van der Waals surface area contributed by atoms with Gasteiger partial charge >= 0.3 is 0 Å². The molecule has 1 fully saturated rings. The third-order valence-corrected chi connectivity index (χ3v) is 3.51. The molecule has 0 radical (unpaired) electrons. The number of rotatable bonds is 5. The van der Waals surface area contributed by atoms with E-state index in [2.05, 4.69) is 18.5 Å². The van der Waals surface area contributed by atoms with E-state index in [1.807, 2.05) is 16.7 Å². The first-order valence-corrected chi connectivity index (χ1v) is 7.14. The van der Waals surface area contributed by atoms with Crippen molar-refractivity contribution in [1.82, 2.24) is 10.2 Å². The zero-order valence-electron chi connectivity index (χ0n) is 10.2. The molecular formula is C11H23ClN2OS. The van der Waals surface area contributed by atoms with Crippen LogP contribution in [0.15, 0.2) is 0 Å². The van der Waals surface area contributed by atoms with E-state index in [0.29, 0.717) is 11.9 Å². The van der Waals surface area contributed by atoms with Crippen molar-refractivity contribution in [3.8, 4) is 0 Å². The van der Waals surface area contributed by atoms with Crippen molar-refractivity contribution >= 4 is 30.1 Å². The van der Waals surface area contributed by atoms with Crippen LogP contribution in [0.2, 0.25) is 0 Å². The van der Waals surface area contributed by atoms with Gasteiger partial charge in [0.2, 0.25) is 5.91 Å². The molecule has 1 atom stereocenters. The SMILES string of the molecule is CSCCCCC(=O)N1CCNCC1C.Cl. The van der Waals surface area contributed by atoms with Crippen molar-refractivity contribution in [1.29, 1.82) is 0 Å². The molecule has 1 amide bonds. The summed E-state index contributed by atoms with van der Waals surface area (Å²) >= 11 is 1.85. The summed E-state index contributed by atoms with van der Waals surface area (Å²) in [7, 11) is 0. The fourth-order valence-electron chi connectivity index (χ4n) is 1.88. The van der Waals surface area contributed by atoms with E-state index in [1.54, 1.807) is 0 Å². The minimum absolute atomic E-state index is 0. The van der Waals surface area contributed by atoms with Gasteiger partial charge in [-0.05, 0) is 31.8 Å². The molecule has 1 N–H and O–H groups in total. The number of hydrogen-bond donors (Lipinski definition) is 1. The Hall–Kier alpha value is 0.0700. The molecule has 3 nitrogen and oxygen atoms in total. The van der Waals surface area contributed by atoms with Gasteiger partial charge in [0.15, 0.2) is 0 Å². The fraction of sp³-hybridized carbons (Fsp3) is 0.909. The molecule has 1 aliphatic rings. The normalized spacial score (nSPS) is 20.4. The minimum Gasteiger partial charge on any atom is -0.337 e. The van der Waals surface area contributed by atoms with Gasteiger partial charge in [0.1, 0.15) is 0 Å². The Bertz CT molecular complexity index is 204. The highest BCUT2D eigenvalue weighted by molar-refractivity contribution is 7.98. The van der Waals surface area contributed by atoms with Crippen LogP contribution in [0.3, 0.4) is 0 Å². The standard InChI is InChI=1S/C11H22N2OS.ClH/c1-10-9-12-6-7-13(10)11(14)5-3-4-8-15-2;/h10,12H,3-9H2,1-2H3;1H. The Kier molecular flexibility index (Phi) is 9.18. The largest absolute Gasteiger partial charge is 0.337 e. The van der Waals surface area contributed by atoms with Crippen molar-refractivity contribution < 1.29 is 4.79 Å². The quantitative estimate of drug-likeness (QED) is 0.770. The number of nitrogens with zero attached hydrogens (tertiary/aromatic N) is 1. The Labute approximate surface area is 109 Å². The number of amides is 1. The van der Waals surface area contributed by atoms with E-state index in [0.717, 1.165) is 38.9 Å². The van der Waals surface area contributed by atoms with E-state index in [-0.39, 0.29) is 12.4 Å². The zero-order chi connectivity index (χ0) is 11.1. The second-order valence-electron chi connectivity index (χ2n) is 4.09. The molecule has 0 aromatic carbocycles. The molecule has 0 bridgehead atoms. The Morgan fingerprint density at radius 3 is 2.88 bits per heavy atom. The van der Waals surface area contributed by atoms with Crippen LogP contribution in [0.5, 0.6) is 0 Å². The molecule has 0 aromatic rings. The third kappa shape index (κ3) is 5.41. The molecule has 1 aliphatic heterocycles. The number of carbonyl (C=O) groups is 1. The lowest BCUT2D eigenvalue weighted by Crippen LogP contribution is -2.52. The number of piperazine rings is 1. The maximum atomic E-state index is 11.9. The zero-order valence-corrected chi connectivity index (χ0v) is 11.8. The maximum Gasteiger partial charge on any atom is 0.222 e. The molecule has 96 valence electrons. The first-order valence-electron chi connectivity index (χ1n) is 5.75. The monoisotopic (exact) mass is 266 g/mol. The molecule has 0 saturated carbocycles. The average molecular weight is 267 g/mol. The number of thioether (sulfide) groups is 1. The topological polar surface area (TPSA) is 32.3 Å². The van der Waals surface area contributed by atoms with Crippen molar-refractivity contribution in [3.05, 3.63) is 0 Å². The van der Waals surface area contributed by atoms with Crippen LogP contribution < -0.4 is 5.32 Å². The molecule has 5 heteroatoms. The Morgan fingerprint density at radius 2 is 2.25 bits per heavy atom. The molecule has 1 rings (SSSR count). The van der Waals surface area contributed by atoms with Crippen molar-refractivity contribution in [2.75, 3.05) is 31.6 Å². The second-order valence-corrected chi connectivity index (χ2v) is 5.08. The molecule has 1 heterocycles. The molecule has 16 heavy (non-hydrogen) atoms. The van der Waals surface area contributed by atoms with Gasteiger partial charge in [0.25, 0.3) is 0 Å². The summed E-state index contributed by atoms with van der Waals surface area (Å²) < 4.78 is 0. The van der Waals surface area contributed by atoms with Crippen LogP contribution in [0.25, 0.3) is 0 Å². The molecule has 1 saturated heterocycles. The van der Waals surface area contributed by atoms with Crippen LogP contribution in [0, 0.1) is 0 Å². The lowest BCUT2D eigenvalue weighted by molar-refractivity contribution is -0.134. The van der Waals surface area contributed by atoms with Crippen molar-refractivity contribution in [2.24, 2.45) is 0 Å². The first kappa shape index (κ1) is 16.1. The highest BCUT2D eigenvalue weighted by Crippen LogP contribution is 2.09. The maximum absolute atomic E-state index is 11.9. The number of unbranched alkanes of at least 4 members (excludes halogenated alkanes) is 1. The van der Waals surface area contributed by atoms with Gasteiger partial charge in [-0.15, -0.1) is 12.4 Å². The molecule has 0 spiro atoms. The van der Waals surface area contributed by atoms with Gasteiger partial charge in [-0.3, -0.25) is 4.79 Å². The predicted molar refractivity (Wildman–Crippen MR) is 73.5 cm³/mol. The van der Waals surface area contributed by atoms with Gasteiger partial charge in [-0.1, -0.05) is 0 Å². The van der Waals surface area contributed by atoms with Crippen LogP contribution in [0.4, 0.5) is 0 Å². The number of nitrogens with one attached hydrogen (secondary N) is 1. The lowest BCUT2D eigenvalue weighted by atomic mass is 10.1. The van der Waals surface area contributed by atoms with Crippen LogP contribution in [-0.4, -0.2) is 48.5 Å². The molecule has 1 unspecified atom stereocenters. The van der Waals surface area contributed by atoms with E-state index in [4.69, 9.17) is 0 Å². The summed E-state index contributed by atoms with van der Waals surface area (Å²) in [4.78, 5) is 13.9.